The molecular weight excluding hydrogens is 222 g/mol. The Bertz CT molecular complexity index is 316. The largest absolute Gasteiger partial charge is 0.478 e. The number of rotatable bonds is 1. The van der Waals surface area contributed by atoms with E-state index in [1.54, 1.807) is 13.8 Å². The van der Waals surface area contributed by atoms with Gasteiger partial charge in [0.2, 0.25) is 0 Å². The molecule has 0 bridgehead atoms. The Hall–Kier alpha value is -0.770. The van der Waals surface area contributed by atoms with Crippen LogP contribution in [-0.4, -0.2) is 15.6 Å². The van der Waals surface area contributed by atoms with Crippen molar-refractivity contribution in [3.63, 3.8) is 0 Å². The number of aromatic nitrogens is 1. The van der Waals surface area contributed by atoms with Crippen molar-refractivity contribution in [3.8, 4) is 0 Å². The van der Waals surface area contributed by atoms with E-state index in [0.717, 1.165) is 15.9 Å². The average Bonchev–Trinajstić information content (AvgIpc) is 2.16. The molecule has 0 fully saturated rings. The van der Waals surface area contributed by atoms with Gasteiger partial charge in [-0.15, -0.1) is 0 Å². The molecule has 1 aromatic heterocycles. The summed E-state index contributed by atoms with van der Waals surface area (Å²) in [6.07, 6.45) is 0. The van der Waals surface area contributed by atoms with Crippen LogP contribution in [0.25, 0.3) is 0 Å². The smallest absolute Gasteiger partial charge is 0.337 e. The van der Waals surface area contributed by atoms with E-state index in [1.807, 2.05) is 11.6 Å². The number of hydrogen-bond donors (Lipinski definition) is 1. The zero-order valence-electron chi connectivity index (χ0n) is 7.18. The van der Waals surface area contributed by atoms with Crippen molar-refractivity contribution in [2.75, 3.05) is 0 Å². The fourth-order valence-electron chi connectivity index (χ4n) is 1.26. The van der Waals surface area contributed by atoms with Crippen LogP contribution >= 0.6 is 15.9 Å². The zero-order chi connectivity index (χ0) is 9.46. The van der Waals surface area contributed by atoms with Crippen molar-refractivity contribution < 1.29 is 9.90 Å². The van der Waals surface area contributed by atoms with Crippen LogP contribution in [0, 0.1) is 13.8 Å². The Kier molecular flexibility index (Phi) is 2.28. The van der Waals surface area contributed by atoms with Gasteiger partial charge in [0.05, 0.1) is 10.2 Å². The highest BCUT2D eigenvalue weighted by molar-refractivity contribution is 9.10. The summed E-state index contributed by atoms with van der Waals surface area (Å²) >= 11 is 3.32. The molecule has 3 nitrogen and oxygen atoms in total. The van der Waals surface area contributed by atoms with Gasteiger partial charge in [0, 0.05) is 12.7 Å². The summed E-state index contributed by atoms with van der Waals surface area (Å²) < 4.78 is 2.65. The van der Waals surface area contributed by atoms with Gasteiger partial charge in [-0.2, -0.15) is 0 Å². The third kappa shape index (κ3) is 1.16. The lowest BCUT2D eigenvalue weighted by Gasteiger charge is -1.97. The van der Waals surface area contributed by atoms with Gasteiger partial charge in [-0.25, -0.2) is 4.79 Å². The Morgan fingerprint density at radius 3 is 2.17 bits per heavy atom. The van der Waals surface area contributed by atoms with E-state index in [4.69, 9.17) is 5.11 Å². The van der Waals surface area contributed by atoms with Crippen molar-refractivity contribution in [3.05, 3.63) is 21.4 Å². The van der Waals surface area contributed by atoms with Crippen LogP contribution in [0.3, 0.4) is 0 Å². The molecule has 0 aliphatic rings. The molecule has 0 radical (unpaired) electrons. The van der Waals surface area contributed by atoms with Crippen molar-refractivity contribution >= 4 is 21.9 Å². The van der Waals surface area contributed by atoms with Crippen LogP contribution in [0.4, 0.5) is 0 Å². The van der Waals surface area contributed by atoms with Crippen LogP contribution in [0.1, 0.15) is 21.6 Å². The first kappa shape index (κ1) is 9.32. The second kappa shape index (κ2) is 2.94. The molecule has 0 saturated heterocycles. The van der Waals surface area contributed by atoms with E-state index >= 15 is 0 Å². The molecule has 0 saturated carbocycles. The SMILES string of the molecule is Cc1c(C(=O)O)c(C)n(C)c1Br. The summed E-state index contributed by atoms with van der Waals surface area (Å²) in [6.45, 7) is 3.59. The fourth-order valence-corrected chi connectivity index (χ4v) is 1.72. The molecule has 0 aliphatic heterocycles. The van der Waals surface area contributed by atoms with Crippen molar-refractivity contribution in [1.29, 1.82) is 0 Å². The van der Waals surface area contributed by atoms with Crippen LogP contribution < -0.4 is 0 Å². The molecule has 0 spiro atoms. The van der Waals surface area contributed by atoms with Gasteiger partial charge >= 0.3 is 5.97 Å². The molecule has 1 heterocycles. The minimum atomic E-state index is -0.869. The van der Waals surface area contributed by atoms with Gasteiger partial charge in [0.25, 0.3) is 0 Å². The maximum absolute atomic E-state index is 10.8. The van der Waals surface area contributed by atoms with E-state index in [9.17, 15) is 4.79 Å². The molecule has 1 rings (SSSR count). The minimum absolute atomic E-state index is 0.393. The summed E-state index contributed by atoms with van der Waals surface area (Å²) in [5, 5.41) is 8.85. The lowest BCUT2D eigenvalue weighted by atomic mass is 10.2. The molecule has 0 atom stereocenters. The summed E-state index contributed by atoms with van der Waals surface area (Å²) in [7, 11) is 1.83. The Morgan fingerprint density at radius 1 is 1.50 bits per heavy atom. The quantitative estimate of drug-likeness (QED) is 0.805. The number of carbonyl (C=O) groups is 1. The summed E-state index contributed by atoms with van der Waals surface area (Å²) in [5.41, 5.74) is 1.94. The third-order valence-electron chi connectivity index (χ3n) is 2.06. The Labute approximate surface area is 79.1 Å². The van der Waals surface area contributed by atoms with Gasteiger partial charge in [0.1, 0.15) is 0 Å². The van der Waals surface area contributed by atoms with Crippen LogP contribution in [0.15, 0.2) is 4.60 Å². The summed E-state index contributed by atoms with van der Waals surface area (Å²) in [5.74, 6) is -0.869. The summed E-state index contributed by atoms with van der Waals surface area (Å²) in [4.78, 5) is 10.8. The van der Waals surface area contributed by atoms with Gasteiger partial charge in [-0.05, 0) is 35.3 Å². The Morgan fingerprint density at radius 2 is 2.00 bits per heavy atom. The number of aromatic carboxylic acids is 1. The first-order valence-electron chi connectivity index (χ1n) is 3.51. The Balaban J connectivity index is 3.48. The standard InChI is InChI=1S/C8H10BrNO2/c1-4-6(8(11)12)5(2)10(3)7(4)9/h1-3H3,(H,11,12). The molecule has 4 heteroatoms. The van der Waals surface area contributed by atoms with Gasteiger partial charge in [-0.3, -0.25) is 0 Å². The fraction of sp³-hybridized carbons (Fsp3) is 0.375. The number of hydrogen-bond acceptors (Lipinski definition) is 1. The molecule has 66 valence electrons. The first-order valence-corrected chi connectivity index (χ1v) is 4.30. The number of carboxylic acids is 1. The number of halogens is 1. The lowest BCUT2D eigenvalue weighted by molar-refractivity contribution is 0.0695. The average molecular weight is 232 g/mol. The highest BCUT2D eigenvalue weighted by Gasteiger charge is 2.18. The van der Waals surface area contributed by atoms with E-state index in [1.165, 1.54) is 0 Å². The summed E-state index contributed by atoms with van der Waals surface area (Å²) in [6, 6.07) is 0. The maximum atomic E-state index is 10.8. The molecule has 1 N–H and O–H groups in total. The minimum Gasteiger partial charge on any atom is -0.478 e. The molecular formula is C8H10BrNO2. The van der Waals surface area contributed by atoms with E-state index in [0.29, 0.717) is 5.56 Å². The predicted molar refractivity (Wildman–Crippen MR) is 49.5 cm³/mol. The van der Waals surface area contributed by atoms with Crippen molar-refractivity contribution in [1.82, 2.24) is 4.57 Å². The van der Waals surface area contributed by atoms with Crippen LogP contribution in [0.2, 0.25) is 0 Å². The highest BCUT2D eigenvalue weighted by Crippen LogP contribution is 2.25. The zero-order valence-corrected chi connectivity index (χ0v) is 8.77. The second-order valence-electron chi connectivity index (χ2n) is 2.74. The third-order valence-corrected chi connectivity index (χ3v) is 3.18. The molecule has 0 amide bonds. The molecule has 0 unspecified atom stereocenters. The molecule has 0 aromatic carbocycles. The first-order chi connectivity index (χ1) is 5.46. The van der Waals surface area contributed by atoms with Gasteiger partial charge in [0.15, 0.2) is 0 Å². The van der Waals surface area contributed by atoms with Crippen LogP contribution in [0.5, 0.6) is 0 Å². The lowest BCUT2D eigenvalue weighted by Crippen LogP contribution is -2.00. The van der Waals surface area contributed by atoms with E-state index < -0.39 is 5.97 Å². The van der Waals surface area contributed by atoms with E-state index in [2.05, 4.69) is 15.9 Å². The van der Waals surface area contributed by atoms with E-state index in [-0.39, 0.29) is 0 Å². The van der Waals surface area contributed by atoms with Gasteiger partial charge < -0.3 is 9.67 Å². The van der Waals surface area contributed by atoms with Crippen molar-refractivity contribution in [2.24, 2.45) is 7.05 Å². The second-order valence-corrected chi connectivity index (χ2v) is 3.49. The van der Waals surface area contributed by atoms with Crippen LogP contribution in [-0.2, 0) is 7.05 Å². The molecule has 1 aromatic rings. The molecule has 12 heavy (non-hydrogen) atoms. The topological polar surface area (TPSA) is 42.2 Å². The molecule has 0 aliphatic carbocycles. The van der Waals surface area contributed by atoms with Crippen molar-refractivity contribution in [2.45, 2.75) is 13.8 Å². The van der Waals surface area contributed by atoms with Gasteiger partial charge in [-0.1, -0.05) is 0 Å². The number of nitrogens with zero attached hydrogens (tertiary/aromatic N) is 1. The maximum Gasteiger partial charge on any atom is 0.337 e. The predicted octanol–water partition coefficient (Wildman–Crippen LogP) is 2.10. The normalized spacial score (nSPS) is 10.3. The monoisotopic (exact) mass is 231 g/mol. The number of carboxylic acid groups (broad SMARTS) is 1. The highest BCUT2D eigenvalue weighted by atomic mass is 79.9.